The zero-order chi connectivity index (χ0) is 12.0. The maximum atomic E-state index is 11.5. The number of sulfone groups is 1. The van der Waals surface area contributed by atoms with Crippen molar-refractivity contribution >= 4 is 9.84 Å². The molecule has 2 unspecified atom stereocenters. The molecule has 1 rings (SSSR count). The normalized spacial score (nSPS) is 26.1. The fourth-order valence-corrected chi connectivity index (χ4v) is 3.41. The second-order valence-electron chi connectivity index (χ2n) is 4.78. The Balaban J connectivity index is 2.35. The Labute approximate surface area is 99.9 Å². The lowest BCUT2D eigenvalue weighted by atomic mass is 10.0. The summed E-state index contributed by atoms with van der Waals surface area (Å²) < 4.78 is 22.9. The number of nitrogens with one attached hydrogen (secondary N) is 1. The van der Waals surface area contributed by atoms with E-state index in [0.717, 1.165) is 19.4 Å². The minimum Gasteiger partial charge on any atom is -0.314 e. The van der Waals surface area contributed by atoms with Gasteiger partial charge in [0.15, 0.2) is 0 Å². The maximum Gasteiger partial charge on any atom is 0.150 e. The summed E-state index contributed by atoms with van der Waals surface area (Å²) in [5.41, 5.74) is 0. The molecule has 0 amide bonds. The molecule has 1 saturated carbocycles. The molecule has 3 nitrogen and oxygen atoms in total. The first-order valence-corrected chi connectivity index (χ1v) is 8.35. The third kappa shape index (κ3) is 4.42. The number of hydrogen-bond donors (Lipinski definition) is 1. The van der Waals surface area contributed by atoms with Crippen LogP contribution in [0.3, 0.4) is 0 Å². The summed E-state index contributed by atoms with van der Waals surface area (Å²) in [5.74, 6) is 1.23. The summed E-state index contributed by atoms with van der Waals surface area (Å²) in [6.07, 6.45) is 5.66. The molecule has 0 aromatic heterocycles. The SMILES string of the molecule is CCCNC1CCCC1CCS(=O)(=O)CC. The summed E-state index contributed by atoms with van der Waals surface area (Å²) in [7, 11) is -2.78. The topological polar surface area (TPSA) is 46.2 Å². The lowest BCUT2D eigenvalue weighted by Crippen LogP contribution is -2.33. The van der Waals surface area contributed by atoms with Gasteiger partial charge in [0.2, 0.25) is 0 Å². The van der Waals surface area contributed by atoms with E-state index in [1.807, 2.05) is 0 Å². The van der Waals surface area contributed by atoms with Crippen LogP contribution in [-0.4, -0.2) is 32.5 Å². The van der Waals surface area contributed by atoms with Gasteiger partial charge in [-0.1, -0.05) is 20.3 Å². The van der Waals surface area contributed by atoms with Crippen LogP contribution in [0.15, 0.2) is 0 Å². The molecular formula is C12H25NO2S. The molecule has 0 aromatic rings. The van der Waals surface area contributed by atoms with Crippen molar-refractivity contribution in [1.29, 1.82) is 0 Å². The second-order valence-corrected chi connectivity index (χ2v) is 7.25. The van der Waals surface area contributed by atoms with Crippen molar-refractivity contribution in [2.24, 2.45) is 5.92 Å². The zero-order valence-corrected chi connectivity index (χ0v) is 11.4. The maximum absolute atomic E-state index is 11.5. The molecule has 1 aliphatic carbocycles. The van der Waals surface area contributed by atoms with Gasteiger partial charge in [0.05, 0.1) is 5.75 Å². The van der Waals surface area contributed by atoms with Crippen LogP contribution in [0.2, 0.25) is 0 Å². The Kier molecular flexibility index (Phi) is 5.76. The molecule has 1 aliphatic rings. The van der Waals surface area contributed by atoms with Gasteiger partial charge in [-0.25, -0.2) is 8.42 Å². The van der Waals surface area contributed by atoms with Gasteiger partial charge in [-0.3, -0.25) is 0 Å². The molecule has 4 heteroatoms. The largest absolute Gasteiger partial charge is 0.314 e. The van der Waals surface area contributed by atoms with Crippen LogP contribution in [-0.2, 0) is 9.84 Å². The molecule has 1 N–H and O–H groups in total. The molecular weight excluding hydrogens is 222 g/mol. The minimum atomic E-state index is -2.78. The van der Waals surface area contributed by atoms with E-state index in [1.54, 1.807) is 6.92 Å². The van der Waals surface area contributed by atoms with E-state index >= 15 is 0 Å². The molecule has 0 saturated heterocycles. The summed E-state index contributed by atoms with van der Waals surface area (Å²) in [6, 6.07) is 0.562. The van der Waals surface area contributed by atoms with Crippen LogP contribution in [0.25, 0.3) is 0 Å². The third-order valence-corrected chi connectivity index (χ3v) is 5.29. The third-order valence-electron chi connectivity index (χ3n) is 3.56. The van der Waals surface area contributed by atoms with Crippen molar-refractivity contribution in [3.8, 4) is 0 Å². The van der Waals surface area contributed by atoms with E-state index in [9.17, 15) is 8.42 Å². The lowest BCUT2D eigenvalue weighted by Gasteiger charge is -2.20. The van der Waals surface area contributed by atoms with Gasteiger partial charge >= 0.3 is 0 Å². The van der Waals surface area contributed by atoms with E-state index in [-0.39, 0.29) is 5.75 Å². The molecule has 2 atom stereocenters. The van der Waals surface area contributed by atoms with E-state index in [1.165, 1.54) is 19.3 Å². The number of rotatable bonds is 7. The van der Waals surface area contributed by atoms with Gasteiger partial charge in [-0.2, -0.15) is 0 Å². The van der Waals surface area contributed by atoms with E-state index in [4.69, 9.17) is 0 Å². The molecule has 1 fully saturated rings. The summed E-state index contributed by atoms with van der Waals surface area (Å²) in [4.78, 5) is 0. The molecule has 0 heterocycles. The lowest BCUT2D eigenvalue weighted by molar-refractivity contribution is 0.391. The van der Waals surface area contributed by atoms with Crippen molar-refractivity contribution in [2.45, 2.75) is 52.0 Å². The molecule has 0 radical (unpaired) electrons. The molecule has 0 spiro atoms. The highest BCUT2D eigenvalue weighted by Gasteiger charge is 2.27. The van der Waals surface area contributed by atoms with Gasteiger partial charge in [0.25, 0.3) is 0 Å². The van der Waals surface area contributed by atoms with Gasteiger partial charge < -0.3 is 5.32 Å². The highest BCUT2D eigenvalue weighted by Crippen LogP contribution is 2.28. The first-order valence-electron chi connectivity index (χ1n) is 6.53. The second kappa shape index (κ2) is 6.60. The smallest absolute Gasteiger partial charge is 0.150 e. The molecule has 16 heavy (non-hydrogen) atoms. The van der Waals surface area contributed by atoms with E-state index < -0.39 is 9.84 Å². The first-order chi connectivity index (χ1) is 7.59. The Morgan fingerprint density at radius 1 is 1.25 bits per heavy atom. The highest BCUT2D eigenvalue weighted by molar-refractivity contribution is 7.91. The van der Waals surface area contributed by atoms with Crippen LogP contribution < -0.4 is 5.32 Å². The van der Waals surface area contributed by atoms with Gasteiger partial charge in [0.1, 0.15) is 9.84 Å². The molecule has 0 aliphatic heterocycles. The van der Waals surface area contributed by atoms with Gasteiger partial charge in [0, 0.05) is 11.8 Å². The van der Waals surface area contributed by atoms with Crippen molar-refractivity contribution in [1.82, 2.24) is 5.32 Å². The van der Waals surface area contributed by atoms with Gasteiger partial charge in [-0.15, -0.1) is 0 Å². The minimum absolute atomic E-state index is 0.284. The predicted molar refractivity (Wildman–Crippen MR) is 68.4 cm³/mol. The average Bonchev–Trinajstić information content (AvgIpc) is 2.71. The Morgan fingerprint density at radius 2 is 2.00 bits per heavy atom. The standard InChI is InChI=1S/C12H25NO2S/c1-3-9-13-12-7-5-6-11(12)8-10-16(14,15)4-2/h11-13H,3-10H2,1-2H3. The summed E-state index contributed by atoms with van der Waals surface area (Å²) in [6.45, 7) is 4.96. The van der Waals surface area contributed by atoms with Crippen molar-refractivity contribution in [3.63, 3.8) is 0 Å². The highest BCUT2D eigenvalue weighted by atomic mass is 32.2. The monoisotopic (exact) mass is 247 g/mol. The van der Waals surface area contributed by atoms with Crippen molar-refractivity contribution in [3.05, 3.63) is 0 Å². The summed E-state index contributed by atoms with van der Waals surface area (Å²) in [5, 5.41) is 3.54. The molecule has 0 aromatic carbocycles. The zero-order valence-electron chi connectivity index (χ0n) is 10.5. The Hall–Kier alpha value is -0.0900. The van der Waals surface area contributed by atoms with Crippen molar-refractivity contribution in [2.75, 3.05) is 18.1 Å². The van der Waals surface area contributed by atoms with E-state index in [0.29, 0.717) is 17.7 Å². The predicted octanol–water partition coefficient (Wildman–Crippen LogP) is 1.98. The van der Waals surface area contributed by atoms with Crippen LogP contribution in [0.1, 0.15) is 46.0 Å². The van der Waals surface area contributed by atoms with Crippen LogP contribution in [0.5, 0.6) is 0 Å². The fourth-order valence-electron chi connectivity index (χ4n) is 2.46. The average molecular weight is 247 g/mol. The van der Waals surface area contributed by atoms with Crippen LogP contribution in [0, 0.1) is 5.92 Å². The fraction of sp³-hybridized carbons (Fsp3) is 1.00. The first kappa shape index (κ1) is 14.0. The Morgan fingerprint density at radius 3 is 2.62 bits per heavy atom. The van der Waals surface area contributed by atoms with E-state index in [2.05, 4.69) is 12.2 Å². The molecule has 96 valence electrons. The van der Waals surface area contributed by atoms with Crippen molar-refractivity contribution < 1.29 is 8.42 Å². The number of hydrogen-bond acceptors (Lipinski definition) is 3. The quantitative estimate of drug-likeness (QED) is 0.748. The van der Waals surface area contributed by atoms with Crippen LogP contribution in [0.4, 0.5) is 0 Å². The van der Waals surface area contributed by atoms with Gasteiger partial charge in [-0.05, 0) is 38.1 Å². The van der Waals surface area contributed by atoms with Crippen LogP contribution >= 0.6 is 0 Å². The summed E-state index contributed by atoms with van der Waals surface area (Å²) >= 11 is 0. The molecule has 0 bridgehead atoms. The Bertz CT molecular complexity index is 287.